The maximum atomic E-state index is 13.5. The second-order valence-electron chi connectivity index (χ2n) is 5.19. The van der Waals surface area contributed by atoms with Crippen molar-refractivity contribution in [3.63, 3.8) is 0 Å². The zero-order chi connectivity index (χ0) is 9.97. The molecule has 0 aromatic rings. The van der Waals surface area contributed by atoms with Gasteiger partial charge in [0.25, 0.3) is 0 Å². The number of hydrogen-bond acceptors (Lipinski definition) is 1. The van der Waals surface area contributed by atoms with E-state index in [0.717, 1.165) is 25.2 Å². The molecule has 0 aliphatic heterocycles. The van der Waals surface area contributed by atoms with Gasteiger partial charge in [-0.05, 0) is 38.0 Å². The molecule has 0 amide bonds. The van der Waals surface area contributed by atoms with Crippen LogP contribution < -0.4 is 5.32 Å². The van der Waals surface area contributed by atoms with Gasteiger partial charge in [0, 0.05) is 12.1 Å². The Kier molecular flexibility index (Phi) is 3.42. The average Bonchev–Trinajstić information content (AvgIpc) is 2.56. The van der Waals surface area contributed by atoms with Crippen molar-refractivity contribution in [2.45, 2.75) is 70.1 Å². The minimum Gasteiger partial charge on any atom is -0.308 e. The standard InChI is InChI=1S/C12H22FN/c1-9-6-7-10(8-9)14-12-5-3-2-4-11(12)13/h9-12,14H,2-8H2,1H3/t9?,10?,11-,12-/m1/s1. The first-order valence-corrected chi connectivity index (χ1v) is 6.16. The summed E-state index contributed by atoms with van der Waals surface area (Å²) in [6.45, 7) is 2.30. The second kappa shape index (κ2) is 4.61. The Bertz CT molecular complexity index is 183. The second-order valence-corrected chi connectivity index (χ2v) is 5.19. The van der Waals surface area contributed by atoms with Crippen LogP contribution in [0.4, 0.5) is 4.39 Å². The summed E-state index contributed by atoms with van der Waals surface area (Å²) in [5, 5.41) is 3.52. The van der Waals surface area contributed by atoms with Crippen LogP contribution in [-0.4, -0.2) is 18.3 Å². The third-order valence-electron chi connectivity index (χ3n) is 3.83. The molecule has 0 radical (unpaired) electrons. The van der Waals surface area contributed by atoms with Crippen LogP contribution in [0.15, 0.2) is 0 Å². The first-order chi connectivity index (χ1) is 6.75. The van der Waals surface area contributed by atoms with E-state index in [0.29, 0.717) is 6.04 Å². The van der Waals surface area contributed by atoms with E-state index in [4.69, 9.17) is 0 Å². The molecule has 2 unspecified atom stereocenters. The Labute approximate surface area is 86.5 Å². The Hall–Kier alpha value is -0.110. The van der Waals surface area contributed by atoms with Gasteiger partial charge < -0.3 is 5.32 Å². The van der Waals surface area contributed by atoms with E-state index in [1.54, 1.807) is 0 Å². The predicted octanol–water partition coefficient (Wildman–Crippen LogP) is 3.05. The summed E-state index contributed by atoms with van der Waals surface area (Å²) in [7, 11) is 0. The molecule has 0 aromatic heterocycles. The van der Waals surface area contributed by atoms with Crippen LogP contribution in [0.1, 0.15) is 51.9 Å². The quantitative estimate of drug-likeness (QED) is 0.720. The molecular weight excluding hydrogens is 177 g/mol. The van der Waals surface area contributed by atoms with Crippen LogP contribution in [0, 0.1) is 5.92 Å². The van der Waals surface area contributed by atoms with Gasteiger partial charge in [-0.1, -0.05) is 19.8 Å². The Morgan fingerprint density at radius 2 is 1.86 bits per heavy atom. The van der Waals surface area contributed by atoms with Crippen molar-refractivity contribution in [3.05, 3.63) is 0 Å². The zero-order valence-corrected chi connectivity index (χ0v) is 9.14. The summed E-state index contributed by atoms with van der Waals surface area (Å²) >= 11 is 0. The van der Waals surface area contributed by atoms with Gasteiger partial charge in [0.05, 0.1) is 0 Å². The maximum Gasteiger partial charge on any atom is 0.115 e. The summed E-state index contributed by atoms with van der Waals surface area (Å²) in [5.41, 5.74) is 0. The maximum absolute atomic E-state index is 13.5. The monoisotopic (exact) mass is 199 g/mol. The molecule has 0 heterocycles. The lowest BCUT2D eigenvalue weighted by atomic mass is 9.93. The number of halogens is 1. The molecule has 2 rings (SSSR count). The number of nitrogens with one attached hydrogen (secondary N) is 1. The topological polar surface area (TPSA) is 12.0 Å². The van der Waals surface area contributed by atoms with Crippen LogP contribution in [0.3, 0.4) is 0 Å². The van der Waals surface area contributed by atoms with Gasteiger partial charge in [-0.3, -0.25) is 0 Å². The number of alkyl halides is 1. The van der Waals surface area contributed by atoms with Crippen LogP contribution in [0.5, 0.6) is 0 Å². The number of hydrogen-bond donors (Lipinski definition) is 1. The molecule has 2 heteroatoms. The average molecular weight is 199 g/mol. The Balaban J connectivity index is 1.78. The highest BCUT2D eigenvalue weighted by Crippen LogP contribution is 2.28. The molecule has 1 N–H and O–H groups in total. The minimum absolute atomic E-state index is 0.166. The smallest absolute Gasteiger partial charge is 0.115 e. The third kappa shape index (κ3) is 2.47. The first-order valence-electron chi connectivity index (χ1n) is 6.16. The van der Waals surface area contributed by atoms with E-state index in [1.807, 2.05) is 0 Å². The molecule has 2 aliphatic rings. The number of rotatable bonds is 2. The molecule has 4 atom stereocenters. The van der Waals surface area contributed by atoms with E-state index in [9.17, 15) is 4.39 Å². The van der Waals surface area contributed by atoms with Gasteiger partial charge >= 0.3 is 0 Å². The molecule has 0 bridgehead atoms. The normalized spacial score (nSPS) is 44.1. The summed E-state index contributed by atoms with van der Waals surface area (Å²) in [5.74, 6) is 0.842. The molecular formula is C12H22FN. The lowest BCUT2D eigenvalue weighted by Gasteiger charge is -2.29. The van der Waals surface area contributed by atoms with E-state index in [-0.39, 0.29) is 6.04 Å². The molecule has 2 saturated carbocycles. The summed E-state index contributed by atoms with van der Waals surface area (Å²) in [6.07, 6.45) is 7.36. The summed E-state index contributed by atoms with van der Waals surface area (Å²) in [6, 6.07) is 0.769. The lowest BCUT2D eigenvalue weighted by Crippen LogP contribution is -2.44. The molecule has 1 nitrogen and oxygen atoms in total. The zero-order valence-electron chi connectivity index (χ0n) is 9.14. The summed E-state index contributed by atoms with van der Waals surface area (Å²) < 4.78 is 13.5. The highest BCUT2D eigenvalue weighted by molar-refractivity contribution is 4.87. The molecule has 14 heavy (non-hydrogen) atoms. The fourth-order valence-electron chi connectivity index (χ4n) is 2.93. The van der Waals surface area contributed by atoms with Crippen LogP contribution >= 0.6 is 0 Å². The van der Waals surface area contributed by atoms with Crippen molar-refractivity contribution < 1.29 is 4.39 Å². The van der Waals surface area contributed by atoms with Crippen LogP contribution in [-0.2, 0) is 0 Å². The van der Waals surface area contributed by atoms with Gasteiger partial charge in [0.1, 0.15) is 6.17 Å². The van der Waals surface area contributed by atoms with Crippen molar-refractivity contribution in [2.24, 2.45) is 5.92 Å². The largest absolute Gasteiger partial charge is 0.308 e. The van der Waals surface area contributed by atoms with Crippen molar-refractivity contribution in [3.8, 4) is 0 Å². The Morgan fingerprint density at radius 3 is 2.50 bits per heavy atom. The van der Waals surface area contributed by atoms with Crippen molar-refractivity contribution in [2.75, 3.05) is 0 Å². The van der Waals surface area contributed by atoms with Crippen molar-refractivity contribution in [1.29, 1.82) is 0 Å². The van der Waals surface area contributed by atoms with E-state index >= 15 is 0 Å². The van der Waals surface area contributed by atoms with E-state index in [1.165, 1.54) is 25.7 Å². The molecule has 0 spiro atoms. The van der Waals surface area contributed by atoms with Crippen molar-refractivity contribution >= 4 is 0 Å². The fourth-order valence-corrected chi connectivity index (χ4v) is 2.93. The molecule has 2 aliphatic carbocycles. The van der Waals surface area contributed by atoms with Crippen LogP contribution in [0.2, 0.25) is 0 Å². The first kappa shape index (κ1) is 10.4. The minimum atomic E-state index is -0.584. The highest BCUT2D eigenvalue weighted by Gasteiger charge is 2.29. The van der Waals surface area contributed by atoms with E-state index in [2.05, 4.69) is 12.2 Å². The van der Waals surface area contributed by atoms with Gasteiger partial charge in [0.2, 0.25) is 0 Å². The fraction of sp³-hybridized carbons (Fsp3) is 1.00. The lowest BCUT2D eigenvalue weighted by molar-refractivity contribution is 0.177. The Morgan fingerprint density at radius 1 is 1.07 bits per heavy atom. The van der Waals surface area contributed by atoms with Gasteiger partial charge in [-0.15, -0.1) is 0 Å². The molecule has 0 aromatic carbocycles. The molecule has 82 valence electrons. The molecule has 0 saturated heterocycles. The van der Waals surface area contributed by atoms with E-state index < -0.39 is 6.17 Å². The SMILES string of the molecule is CC1CCC(N[C@@H]2CCCC[C@H]2F)C1. The third-order valence-corrected chi connectivity index (χ3v) is 3.83. The molecule has 2 fully saturated rings. The summed E-state index contributed by atoms with van der Waals surface area (Å²) in [4.78, 5) is 0. The van der Waals surface area contributed by atoms with Gasteiger partial charge in [-0.2, -0.15) is 0 Å². The van der Waals surface area contributed by atoms with Gasteiger partial charge in [0.15, 0.2) is 0 Å². The highest BCUT2D eigenvalue weighted by atomic mass is 19.1. The van der Waals surface area contributed by atoms with Crippen molar-refractivity contribution in [1.82, 2.24) is 5.32 Å². The van der Waals surface area contributed by atoms with Crippen LogP contribution in [0.25, 0.3) is 0 Å². The van der Waals surface area contributed by atoms with Gasteiger partial charge in [-0.25, -0.2) is 4.39 Å². The predicted molar refractivity (Wildman–Crippen MR) is 57.1 cm³/mol.